The van der Waals surface area contributed by atoms with Crippen molar-refractivity contribution in [3.05, 3.63) is 41.3 Å². The highest BCUT2D eigenvalue weighted by Gasteiger charge is 2.03. The summed E-state index contributed by atoms with van der Waals surface area (Å²) in [7, 11) is 0. The van der Waals surface area contributed by atoms with Gasteiger partial charge in [-0.05, 0) is 50.6 Å². The van der Waals surface area contributed by atoms with E-state index in [2.05, 4.69) is 34.5 Å². The summed E-state index contributed by atoms with van der Waals surface area (Å²) < 4.78 is 1.83. The molecule has 1 N–H and O–H groups in total. The van der Waals surface area contributed by atoms with Gasteiger partial charge in [-0.2, -0.15) is 5.10 Å². The first-order chi connectivity index (χ1) is 8.69. The molecule has 0 amide bonds. The third kappa shape index (κ3) is 3.17. The molecule has 0 radical (unpaired) electrons. The van der Waals surface area contributed by atoms with E-state index in [1.807, 2.05) is 30.8 Å². The standard InChI is InChI=1S/C14H20N4/c1-4-6-15-10-13-8-12(3)16-14(9-13)18-7-5-11(2)17-18/h5,7-9,15H,4,6,10H2,1-3H3. The fourth-order valence-corrected chi connectivity index (χ4v) is 1.89. The van der Waals surface area contributed by atoms with Gasteiger partial charge in [0.25, 0.3) is 0 Å². The lowest BCUT2D eigenvalue weighted by molar-refractivity contribution is 0.673. The average molecular weight is 244 g/mol. The van der Waals surface area contributed by atoms with E-state index in [1.54, 1.807) is 0 Å². The topological polar surface area (TPSA) is 42.7 Å². The van der Waals surface area contributed by atoms with Gasteiger partial charge in [0, 0.05) is 18.4 Å². The summed E-state index contributed by atoms with van der Waals surface area (Å²) in [5.74, 6) is 0.886. The zero-order chi connectivity index (χ0) is 13.0. The van der Waals surface area contributed by atoms with E-state index < -0.39 is 0 Å². The fraction of sp³-hybridized carbons (Fsp3) is 0.429. The quantitative estimate of drug-likeness (QED) is 0.821. The molecule has 0 aromatic carbocycles. The SMILES string of the molecule is CCCNCc1cc(C)nc(-n2ccc(C)n2)c1. The summed E-state index contributed by atoms with van der Waals surface area (Å²) in [6, 6.07) is 6.18. The lowest BCUT2D eigenvalue weighted by Crippen LogP contribution is -2.14. The number of rotatable bonds is 5. The van der Waals surface area contributed by atoms with Gasteiger partial charge in [0.15, 0.2) is 5.82 Å². The van der Waals surface area contributed by atoms with Crippen molar-refractivity contribution in [2.24, 2.45) is 0 Å². The van der Waals surface area contributed by atoms with Gasteiger partial charge in [0.1, 0.15) is 0 Å². The first-order valence-electron chi connectivity index (χ1n) is 6.40. The van der Waals surface area contributed by atoms with E-state index in [9.17, 15) is 0 Å². The molecule has 0 saturated heterocycles. The molecule has 4 heteroatoms. The van der Waals surface area contributed by atoms with Crippen LogP contribution in [0.4, 0.5) is 0 Å². The maximum Gasteiger partial charge on any atom is 0.153 e. The van der Waals surface area contributed by atoms with Crippen LogP contribution in [0.5, 0.6) is 0 Å². The van der Waals surface area contributed by atoms with E-state index in [0.717, 1.165) is 36.7 Å². The van der Waals surface area contributed by atoms with Crippen LogP contribution in [0.3, 0.4) is 0 Å². The third-order valence-corrected chi connectivity index (χ3v) is 2.71. The molecule has 18 heavy (non-hydrogen) atoms. The van der Waals surface area contributed by atoms with E-state index in [0.29, 0.717) is 0 Å². The number of hydrogen-bond donors (Lipinski definition) is 1. The van der Waals surface area contributed by atoms with Crippen LogP contribution in [0.25, 0.3) is 5.82 Å². The lowest BCUT2D eigenvalue weighted by Gasteiger charge is -2.07. The Balaban J connectivity index is 2.21. The van der Waals surface area contributed by atoms with Crippen LogP contribution in [0.2, 0.25) is 0 Å². The Morgan fingerprint density at radius 1 is 1.22 bits per heavy atom. The molecule has 0 unspecified atom stereocenters. The zero-order valence-electron chi connectivity index (χ0n) is 11.3. The minimum absolute atomic E-state index is 0.879. The molecule has 0 saturated carbocycles. The van der Waals surface area contributed by atoms with Crippen LogP contribution in [-0.2, 0) is 6.54 Å². The first-order valence-corrected chi connectivity index (χ1v) is 6.40. The van der Waals surface area contributed by atoms with E-state index >= 15 is 0 Å². The van der Waals surface area contributed by atoms with E-state index in [4.69, 9.17) is 0 Å². The second-order valence-corrected chi connectivity index (χ2v) is 4.55. The Hall–Kier alpha value is -1.68. The highest BCUT2D eigenvalue weighted by Crippen LogP contribution is 2.10. The lowest BCUT2D eigenvalue weighted by atomic mass is 10.2. The van der Waals surface area contributed by atoms with Gasteiger partial charge in [-0.1, -0.05) is 6.92 Å². The van der Waals surface area contributed by atoms with Crippen LogP contribution >= 0.6 is 0 Å². The number of nitrogens with zero attached hydrogens (tertiary/aromatic N) is 3. The summed E-state index contributed by atoms with van der Waals surface area (Å²) in [5, 5.41) is 7.80. The molecule has 0 fully saturated rings. The summed E-state index contributed by atoms with van der Waals surface area (Å²) in [4.78, 5) is 4.52. The van der Waals surface area contributed by atoms with Gasteiger partial charge in [0.2, 0.25) is 0 Å². The summed E-state index contributed by atoms with van der Waals surface area (Å²) >= 11 is 0. The van der Waals surface area contributed by atoms with Crippen LogP contribution in [0.15, 0.2) is 24.4 Å². The zero-order valence-corrected chi connectivity index (χ0v) is 11.3. The molecule has 2 aromatic rings. The molecule has 2 rings (SSSR count). The largest absolute Gasteiger partial charge is 0.313 e. The Morgan fingerprint density at radius 3 is 2.72 bits per heavy atom. The van der Waals surface area contributed by atoms with Crippen LogP contribution < -0.4 is 5.32 Å². The normalized spacial score (nSPS) is 10.8. The van der Waals surface area contributed by atoms with Crippen molar-refractivity contribution in [1.82, 2.24) is 20.1 Å². The van der Waals surface area contributed by atoms with E-state index in [-0.39, 0.29) is 0 Å². The number of aromatic nitrogens is 3. The van der Waals surface area contributed by atoms with Gasteiger partial charge in [-0.15, -0.1) is 0 Å². The van der Waals surface area contributed by atoms with Crippen molar-refractivity contribution in [2.75, 3.05) is 6.54 Å². The molecular weight excluding hydrogens is 224 g/mol. The Labute approximate surface area is 108 Å². The van der Waals surface area contributed by atoms with Crippen molar-refractivity contribution >= 4 is 0 Å². The summed E-state index contributed by atoms with van der Waals surface area (Å²) in [6.07, 6.45) is 3.09. The van der Waals surface area contributed by atoms with Crippen molar-refractivity contribution < 1.29 is 0 Å². The van der Waals surface area contributed by atoms with Crippen LogP contribution in [-0.4, -0.2) is 21.3 Å². The minimum atomic E-state index is 0.879. The first kappa shape index (κ1) is 12.8. The summed E-state index contributed by atoms with van der Waals surface area (Å²) in [5.41, 5.74) is 3.28. The van der Waals surface area contributed by atoms with Crippen molar-refractivity contribution in [1.29, 1.82) is 0 Å². The Kier molecular flexibility index (Phi) is 4.10. The molecule has 0 spiro atoms. The number of pyridine rings is 1. The van der Waals surface area contributed by atoms with Crippen LogP contribution in [0, 0.1) is 13.8 Å². The van der Waals surface area contributed by atoms with Crippen molar-refractivity contribution in [3.8, 4) is 5.82 Å². The van der Waals surface area contributed by atoms with Gasteiger partial charge in [-0.25, -0.2) is 9.67 Å². The molecule has 0 aliphatic carbocycles. The molecule has 2 aromatic heterocycles. The predicted octanol–water partition coefficient (Wildman–Crippen LogP) is 2.38. The second kappa shape index (κ2) is 5.78. The molecule has 0 aliphatic heterocycles. The molecular formula is C14H20N4. The average Bonchev–Trinajstić information content (AvgIpc) is 2.76. The minimum Gasteiger partial charge on any atom is -0.313 e. The van der Waals surface area contributed by atoms with Gasteiger partial charge in [0.05, 0.1) is 5.69 Å². The summed E-state index contributed by atoms with van der Waals surface area (Å²) in [6.45, 7) is 8.09. The molecule has 4 nitrogen and oxygen atoms in total. The Morgan fingerprint density at radius 2 is 2.06 bits per heavy atom. The molecule has 0 bridgehead atoms. The molecule has 2 heterocycles. The highest BCUT2D eigenvalue weighted by atomic mass is 15.3. The van der Waals surface area contributed by atoms with Gasteiger partial charge in [-0.3, -0.25) is 0 Å². The molecule has 0 atom stereocenters. The third-order valence-electron chi connectivity index (χ3n) is 2.71. The Bertz CT molecular complexity index is 516. The van der Waals surface area contributed by atoms with Crippen LogP contribution in [0.1, 0.15) is 30.3 Å². The fourth-order valence-electron chi connectivity index (χ4n) is 1.89. The highest BCUT2D eigenvalue weighted by molar-refractivity contribution is 5.30. The molecule has 0 aliphatic rings. The van der Waals surface area contributed by atoms with Crippen molar-refractivity contribution in [2.45, 2.75) is 33.7 Å². The number of aryl methyl sites for hydroxylation is 2. The number of nitrogens with one attached hydrogen (secondary N) is 1. The smallest absolute Gasteiger partial charge is 0.153 e. The number of hydrogen-bond acceptors (Lipinski definition) is 3. The predicted molar refractivity (Wildman–Crippen MR) is 72.8 cm³/mol. The molecule has 96 valence electrons. The monoisotopic (exact) mass is 244 g/mol. The van der Waals surface area contributed by atoms with Crippen molar-refractivity contribution in [3.63, 3.8) is 0 Å². The van der Waals surface area contributed by atoms with E-state index in [1.165, 1.54) is 5.56 Å². The second-order valence-electron chi connectivity index (χ2n) is 4.55. The maximum absolute atomic E-state index is 4.52. The van der Waals surface area contributed by atoms with Gasteiger partial charge < -0.3 is 5.32 Å². The maximum atomic E-state index is 4.52. The van der Waals surface area contributed by atoms with Gasteiger partial charge >= 0.3 is 0 Å².